The Morgan fingerprint density at radius 3 is 2.65 bits per heavy atom. The second kappa shape index (κ2) is 6.76. The predicted octanol–water partition coefficient (Wildman–Crippen LogP) is 4.66. The molecule has 2 aliphatic rings. The van der Waals surface area contributed by atoms with E-state index in [0.29, 0.717) is 6.04 Å². The van der Waals surface area contributed by atoms with E-state index in [2.05, 4.69) is 36.6 Å². The summed E-state index contributed by atoms with van der Waals surface area (Å²) < 4.78 is 0. The second-order valence-corrected chi connectivity index (χ2v) is 6.90. The highest BCUT2D eigenvalue weighted by atomic mass is 14.9. The highest BCUT2D eigenvalue weighted by molar-refractivity contribution is 5.32. The molecular weight excluding hydrogens is 242 g/mol. The summed E-state index contributed by atoms with van der Waals surface area (Å²) in [5.41, 5.74) is 3.25. The van der Waals surface area contributed by atoms with Gasteiger partial charge in [0.1, 0.15) is 0 Å². The summed E-state index contributed by atoms with van der Waals surface area (Å²) in [6.45, 7) is 0. The molecule has 3 rings (SSSR count). The molecule has 2 aliphatic carbocycles. The number of hydrogen-bond donors (Lipinski definition) is 1. The number of hydrogen-bond acceptors (Lipinski definition) is 1. The van der Waals surface area contributed by atoms with E-state index in [-0.39, 0.29) is 0 Å². The molecule has 1 heteroatoms. The smallest absolute Gasteiger partial charge is 0.00725 e. The molecule has 20 heavy (non-hydrogen) atoms. The first-order valence-corrected chi connectivity index (χ1v) is 8.62. The number of aryl methyl sites for hydroxylation is 1. The SMILES string of the molecule is CNC(CC1CCCC1)CC1CCCc2ccccc21. The van der Waals surface area contributed by atoms with Crippen molar-refractivity contribution >= 4 is 0 Å². The third kappa shape index (κ3) is 3.25. The molecule has 0 spiro atoms. The van der Waals surface area contributed by atoms with Crippen molar-refractivity contribution in [3.63, 3.8) is 0 Å². The molecule has 0 heterocycles. The van der Waals surface area contributed by atoms with Gasteiger partial charge >= 0.3 is 0 Å². The van der Waals surface area contributed by atoms with Crippen LogP contribution in [0.5, 0.6) is 0 Å². The molecule has 110 valence electrons. The number of benzene rings is 1. The van der Waals surface area contributed by atoms with Gasteiger partial charge in [-0.3, -0.25) is 0 Å². The first kappa shape index (κ1) is 14.1. The van der Waals surface area contributed by atoms with Gasteiger partial charge in [-0.05, 0) is 62.1 Å². The molecular formula is C19H29N. The number of rotatable bonds is 5. The van der Waals surface area contributed by atoms with E-state index in [1.807, 2.05) is 0 Å². The van der Waals surface area contributed by atoms with Crippen molar-refractivity contribution in [2.75, 3.05) is 7.05 Å². The summed E-state index contributed by atoms with van der Waals surface area (Å²) in [7, 11) is 2.16. The van der Waals surface area contributed by atoms with Crippen molar-refractivity contribution in [2.24, 2.45) is 5.92 Å². The Hall–Kier alpha value is -0.820. The molecule has 0 amide bonds. The second-order valence-electron chi connectivity index (χ2n) is 6.90. The Kier molecular flexibility index (Phi) is 4.77. The molecule has 1 aromatic carbocycles. The summed E-state index contributed by atoms with van der Waals surface area (Å²) in [6.07, 6.45) is 12.7. The standard InChI is InChI=1S/C19H29N/c1-20-18(13-15-7-2-3-8-15)14-17-11-6-10-16-9-4-5-12-19(16)17/h4-5,9,12,15,17-18,20H,2-3,6-8,10-11,13-14H2,1H3. The Labute approximate surface area is 124 Å². The van der Waals surface area contributed by atoms with Crippen LogP contribution in [-0.4, -0.2) is 13.1 Å². The van der Waals surface area contributed by atoms with Crippen LogP contribution in [0.4, 0.5) is 0 Å². The molecule has 1 fully saturated rings. The van der Waals surface area contributed by atoms with Gasteiger partial charge in [0.2, 0.25) is 0 Å². The minimum absolute atomic E-state index is 0.717. The van der Waals surface area contributed by atoms with Crippen LogP contribution in [0.3, 0.4) is 0 Å². The fourth-order valence-electron chi connectivity index (χ4n) is 4.42. The highest BCUT2D eigenvalue weighted by Crippen LogP contribution is 2.37. The largest absolute Gasteiger partial charge is 0.317 e. The van der Waals surface area contributed by atoms with E-state index in [1.165, 1.54) is 57.8 Å². The monoisotopic (exact) mass is 271 g/mol. The molecule has 0 saturated heterocycles. The average Bonchev–Trinajstić information content (AvgIpc) is 3.00. The average molecular weight is 271 g/mol. The molecule has 1 saturated carbocycles. The van der Waals surface area contributed by atoms with E-state index < -0.39 is 0 Å². The molecule has 1 N–H and O–H groups in total. The van der Waals surface area contributed by atoms with Crippen molar-refractivity contribution in [3.05, 3.63) is 35.4 Å². The molecule has 1 aromatic rings. The van der Waals surface area contributed by atoms with E-state index in [9.17, 15) is 0 Å². The molecule has 0 aliphatic heterocycles. The lowest BCUT2D eigenvalue weighted by atomic mass is 9.78. The lowest BCUT2D eigenvalue weighted by Crippen LogP contribution is -2.30. The van der Waals surface area contributed by atoms with Crippen LogP contribution in [0.2, 0.25) is 0 Å². The summed E-state index contributed by atoms with van der Waals surface area (Å²) >= 11 is 0. The van der Waals surface area contributed by atoms with E-state index in [1.54, 1.807) is 11.1 Å². The van der Waals surface area contributed by atoms with Crippen LogP contribution in [0.15, 0.2) is 24.3 Å². The lowest BCUT2D eigenvalue weighted by Gasteiger charge is -2.30. The summed E-state index contributed by atoms with van der Waals surface area (Å²) in [5, 5.41) is 3.61. The minimum Gasteiger partial charge on any atom is -0.317 e. The van der Waals surface area contributed by atoms with Gasteiger partial charge in [0.15, 0.2) is 0 Å². The van der Waals surface area contributed by atoms with Gasteiger partial charge in [-0.2, -0.15) is 0 Å². The van der Waals surface area contributed by atoms with Crippen LogP contribution < -0.4 is 5.32 Å². The van der Waals surface area contributed by atoms with Crippen molar-refractivity contribution in [1.29, 1.82) is 0 Å². The van der Waals surface area contributed by atoms with Gasteiger partial charge in [-0.15, -0.1) is 0 Å². The fourth-order valence-corrected chi connectivity index (χ4v) is 4.42. The summed E-state index contributed by atoms with van der Waals surface area (Å²) in [6, 6.07) is 9.86. The van der Waals surface area contributed by atoms with Gasteiger partial charge in [0, 0.05) is 6.04 Å². The van der Waals surface area contributed by atoms with Crippen molar-refractivity contribution in [2.45, 2.75) is 69.7 Å². The molecule has 0 bridgehead atoms. The Morgan fingerprint density at radius 2 is 1.85 bits per heavy atom. The van der Waals surface area contributed by atoms with Gasteiger partial charge < -0.3 is 5.32 Å². The molecule has 1 nitrogen and oxygen atoms in total. The minimum atomic E-state index is 0.717. The Balaban J connectivity index is 1.64. The van der Waals surface area contributed by atoms with Crippen LogP contribution in [0.1, 0.15) is 68.4 Å². The van der Waals surface area contributed by atoms with Crippen molar-refractivity contribution in [3.8, 4) is 0 Å². The van der Waals surface area contributed by atoms with Crippen LogP contribution in [0.25, 0.3) is 0 Å². The van der Waals surface area contributed by atoms with Crippen LogP contribution in [-0.2, 0) is 6.42 Å². The van der Waals surface area contributed by atoms with Crippen LogP contribution >= 0.6 is 0 Å². The first-order chi connectivity index (χ1) is 9.86. The molecule has 2 unspecified atom stereocenters. The zero-order chi connectivity index (χ0) is 13.8. The third-order valence-corrected chi connectivity index (χ3v) is 5.56. The maximum Gasteiger partial charge on any atom is 0.00725 e. The van der Waals surface area contributed by atoms with Gasteiger partial charge in [0.25, 0.3) is 0 Å². The molecule has 0 aromatic heterocycles. The van der Waals surface area contributed by atoms with E-state index in [0.717, 1.165) is 11.8 Å². The zero-order valence-corrected chi connectivity index (χ0v) is 12.9. The predicted molar refractivity (Wildman–Crippen MR) is 86.2 cm³/mol. The van der Waals surface area contributed by atoms with E-state index >= 15 is 0 Å². The van der Waals surface area contributed by atoms with Gasteiger partial charge in [-0.25, -0.2) is 0 Å². The molecule has 0 radical (unpaired) electrons. The third-order valence-electron chi connectivity index (χ3n) is 5.56. The Morgan fingerprint density at radius 1 is 1.05 bits per heavy atom. The van der Waals surface area contributed by atoms with Crippen molar-refractivity contribution in [1.82, 2.24) is 5.32 Å². The zero-order valence-electron chi connectivity index (χ0n) is 12.9. The van der Waals surface area contributed by atoms with Gasteiger partial charge in [-0.1, -0.05) is 49.9 Å². The maximum atomic E-state index is 3.61. The topological polar surface area (TPSA) is 12.0 Å². The van der Waals surface area contributed by atoms with Gasteiger partial charge in [0.05, 0.1) is 0 Å². The Bertz CT molecular complexity index is 420. The van der Waals surface area contributed by atoms with Crippen molar-refractivity contribution < 1.29 is 0 Å². The summed E-state index contributed by atoms with van der Waals surface area (Å²) in [5.74, 6) is 1.78. The highest BCUT2D eigenvalue weighted by Gasteiger charge is 2.25. The number of fused-ring (bicyclic) bond motifs is 1. The molecule has 2 atom stereocenters. The normalized spacial score (nSPS) is 24.6. The summed E-state index contributed by atoms with van der Waals surface area (Å²) in [4.78, 5) is 0. The van der Waals surface area contributed by atoms with E-state index in [4.69, 9.17) is 0 Å². The number of nitrogens with one attached hydrogen (secondary N) is 1. The van der Waals surface area contributed by atoms with Crippen LogP contribution in [0, 0.1) is 5.92 Å². The first-order valence-electron chi connectivity index (χ1n) is 8.62. The maximum absolute atomic E-state index is 3.61. The quantitative estimate of drug-likeness (QED) is 0.821. The fraction of sp³-hybridized carbons (Fsp3) is 0.684. The lowest BCUT2D eigenvalue weighted by molar-refractivity contribution is 0.354.